The van der Waals surface area contributed by atoms with Crippen LogP contribution in [0.2, 0.25) is 0 Å². The molecule has 218 valence electrons. The van der Waals surface area contributed by atoms with Gasteiger partial charge >= 0.3 is 21.7 Å². The van der Waals surface area contributed by atoms with Gasteiger partial charge in [-0.15, -0.1) is 0 Å². The molecule has 2 unspecified atom stereocenters. The Morgan fingerprint density at radius 2 is 0.892 bits per heavy atom. The number of carbonyl (C=O) groups is 4. The van der Waals surface area contributed by atoms with E-state index in [1.54, 1.807) is 0 Å². The zero-order chi connectivity index (χ0) is 28.8. The number of Topliss-reactive ketones (excluding diaryl/α,β-unsaturated/α-hetero) is 2. The molecule has 2 N–H and O–H groups in total. The van der Waals surface area contributed by atoms with E-state index in [0.29, 0.717) is 50.7 Å². The Labute approximate surface area is 240 Å². The van der Waals surface area contributed by atoms with Crippen molar-refractivity contribution in [2.24, 2.45) is 11.8 Å². The number of aliphatic hydroxyl groups is 2. The van der Waals surface area contributed by atoms with E-state index in [2.05, 4.69) is 27.7 Å². The van der Waals surface area contributed by atoms with Gasteiger partial charge in [-0.05, 0) is 37.5 Å². The molecule has 0 saturated heterocycles. The first kappa shape index (κ1) is 45.8. The van der Waals surface area contributed by atoms with Crippen LogP contribution in [0.5, 0.6) is 0 Å². The second-order valence-corrected chi connectivity index (χ2v) is 8.87. The molecule has 0 bridgehead atoms. The smallest absolute Gasteiger partial charge is 0.550 e. The predicted molar refractivity (Wildman–Crippen MR) is 140 cm³/mol. The van der Waals surface area contributed by atoms with Crippen LogP contribution in [0.3, 0.4) is 0 Å². The Balaban J connectivity index is -0.000000122. The molecule has 0 spiro atoms. The van der Waals surface area contributed by atoms with Crippen LogP contribution in [0.4, 0.5) is 0 Å². The molecule has 0 fully saturated rings. The maximum absolute atomic E-state index is 10.4. The van der Waals surface area contributed by atoms with Crippen LogP contribution < -0.4 is 10.2 Å². The summed E-state index contributed by atoms with van der Waals surface area (Å²) in [6, 6.07) is 0. The molecule has 37 heavy (non-hydrogen) atoms. The second kappa shape index (κ2) is 37.1. The molecule has 0 aromatic heterocycles. The second-order valence-electron chi connectivity index (χ2n) is 8.87. The van der Waals surface area contributed by atoms with Gasteiger partial charge in [-0.3, -0.25) is 9.59 Å². The zero-order valence-corrected chi connectivity index (χ0v) is 25.9. The number of aliphatic carboxylic acids is 2. The van der Waals surface area contributed by atoms with E-state index in [4.69, 9.17) is 10.2 Å². The summed E-state index contributed by atoms with van der Waals surface area (Å²) in [5.74, 6) is -1.95. The van der Waals surface area contributed by atoms with E-state index >= 15 is 0 Å². The monoisotopic (exact) mass is 566 g/mol. The van der Waals surface area contributed by atoms with Crippen LogP contribution in [0.25, 0.3) is 0 Å². The SMILES string of the molecule is CCCC(=O)CC(=O)[O-].CCCC(=O)CC(=O)[O-].CCCCC(CC)CO.CCCCC(CC)CO.[Ti+2]. The fraction of sp³-hybridized carbons (Fsp3) is 0.857. The van der Waals surface area contributed by atoms with Gasteiger partial charge < -0.3 is 30.0 Å². The molecule has 0 heterocycles. The number of carboxylic acids is 2. The first-order chi connectivity index (χ1) is 17.0. The average Bonchev–Trinajstić information content (AvgIpc) is 2.81. The standard InChI is InChI=1S/2C8H18O.2C6H10O3.Ti/c2*1-3-5-6-8(4-2)7-9;2*1-2-3-5(7)4-6(8)9;/h2*8-9H,3-7H2,1-2H3;2*2-4H2,1H3,(H,8,9);/q;;;;+2/p-2. The van der Waals surface area contributed by atoms with Gasteiger partial charge in [0.2, 0.25) is 0 Å². The van der Waals surface area contributed by atoms with Crippen LogP contribution in [0.1, 0.15) is 131 Å². The number of carbonyl (C=O) groups excluding carboxylic acids is 4. The maximum atomic E-state index is 10.4. The largest absolute Gasteiger partial charge is 2.00 e. The van der Waals surface area contributed by atoms with Crippen LogP contribution in [-0.2, 0) is 40.9 Å². The van der Waals surface area contributed by atoms with Crippen molar-refractivity contribution in [3.05, 3.63) is 0 Å². The third-order valence-electron chi connectivity index (χ3n) is 5.34. The molecular weight excluding hydrogens is 512 g/mol. The van der Waals surface area contributed by atoms with Crippen molar-refractivity contribution in [2.45, 2.75) is 131 Å². The van der Waals surface area contributed by atoms with Gasteiger partial charge in [-0.25, -0.2) is 0 Å². The van der Waals surface area contributed by atoms with Gasteiger partial charge in [0.15, 0.2) is 0 Å². The van der Waals surface area contributed by atoms with Crippen molar-refractivity contribution in [1.29, 1.82) is 0 Å². The van der Waals surface area contributed by atoms with Crippen molar-refractivity contribution in [3.8, 4) is 0 Å². The molecule has 0 aliphatic heterocycles. The number of rotatable bonds is 18. The van der Waals surface area contributed by atoms with Crippen molar-refractivity contribution in [1.82, 2.24) is 0 Å². The Morgan fingerprint density at radius 1 is 0.595 bits per heavy atom. The van der Waals surface area contributed by atoms with Crippen molar-refractivity contribution >= 4 is 23.5 Å². The van der Waals surface area contributed by atoms with E-state index < -0.39 is 24.8 Å². The molecule has 8 nitrogen and oxygen atoms in total. The summed E-state index contributed by atoms with van der Waals surface area (Å²) in [6.07, 6.45) is 10.9. The van der Waals surface area contributed by atoms with E-state index in [0.717, 1.165) is 12.8 Å². The summed E-state index contributed by atoms with van der Waals surface area (Å²) in [5.41, 5.74) is 0. The Bertz CT molecular complexity index is 472. The minimum atomic E-state index is -1.28. The van der Waals surface area contributed by atoms with Gasteiger partial charge in [0, 0.05) is 50.8 Å². The number of hydrogen-bond donors (Lipinski definition) is 2. The average molecular weight is 567 g/mol. The Kier molecular flexibility index (Phi) is 45.9. The van der Waals surface area contributed by atoms with Crippen molar-refractivity contribution in [2.75, 3.05) is 13.2 Å². The quantitative estimate of drug-likeness (QED) is 0.189. The molecule has 0 amide bonds. The molecule has 0 aromatic carbocycles. The summed E-state index contributed by atoms with van der Waals surface area (Å²) in [5, 5.41) is 37.0. The third-order valence-corrected chi connectivity index (χ3v) is 5.34. The number of unbranched alkanes of at least 4 members (excludes halogenated alkanes) is 2. The van der Waals surface area contributed by atoms with Crippen LogP contribution >= 0.6 is 0 Å². The van der Waals surface area contributed by atoms with E-state index in [-0.39, 0.29) is 33.3 Å². The zero-order valence-electron chi connectivity index (χ0n) is 24.3. The Hall–Kier alpha value is -1.09. The van der Waals surface area contributed by atoms with Gasteiger partial charge in [-0.2, -0.15) is 0 Å². The minimum absolute atomic E-state index is 0. The number of carboxylic acid groups (broad SMARTS) is 2. The molecule has 0 rings (SSSR count). The van der Waals surface area contributed by atoms with E-state index in [1.807, 2.05) is 13.8 Å². The Morgan fingerprint density at radius 3 is 1.05 bits per heavy atom. The van der Waals surface area contributed by atoms with E-state index in [9.17, 15) is 29.4 Å². The van der Waals surface area contributed by atoms with Gasteiger partial charge in [0.25, 0.3) is 0 Å². The van der Waals surface area contributed by atoms with Crippen LogP contribution in [0.15, 0.2) is 0 Å². The molecule has 0 saturated carbocycles. The molecule has 0 radical (unpaired) electrons. The molecule has 0 aromatic rings. The summed E-state index contributed by atoms with van der Waals surface area (Å²) in [4.78, 5) is 40.4. The van der Waals surface area contributed by atoms with Crippen LogP contribution in [0, 0.1) is 11.8 Å². The van der Waals surface area contributed by atoms with Crippen molar-refractivity contribution < 1.29 is 61.3 Å². The first-order valence-corrected chi connectivity index (χ1v) is 13.7. The fourth-order valence-electron chi connectivity index (χ4n) is 2.89. The summed E-state index contributed by atoms with van der Waals surface area (Å²) < 4.78 is 0. The number of aliphatic hydroxyl groups excluding tert-OH is 2. The summed E-state index contributed by atoms with van der Waals surface area (Å²) >= 11 is 0. The maximum Gasteiger partial charge on any atom is 2.00 e. The third kappa shape index (κ3) is 45.2. The molecular formula is C28H54O8Ti. The number of ketones is 2. The first-order valence-electron chi connectivity index (χ1n) is 13.7. The molecule has 0 aliphatic rings. The normalized spacial score (nSPS) is 11.0. The van der Waals surface area contributed by atoms with Crippen LogP contribution in [-0.4, -0.2) is 46.9 Å². The van der Waals surface area contributed by atoms with Gasteiger partial charge in [0.05, 0.1) is 0 Å². The minimum Gasteiger partial charge on any atom is -0.550 e. The topological polar surface area (TPSA) is 155 Å². The van der Waals surface area contributed by atoms with Gasteiger partial charge in [-0.1, -0.05) is 80.1 Å². The fourth-order valence-corrected chi connectivity index (χ4v) is 2.89. The summed E-state index contributed by atoms with van der Waals surface area (Å²) in [7, 11) is 0. The van der Waals surface area contributed by atoms with Gasteiger partial charge in [0.1, 0.15) is 11.6 Å². The van der Waals surface area contributed by atoms with E-state index in [1.165, 1.54) is 38.5 Å². The number of hydrogen-bond acceptors (Lipinski definition) is 8. The predicted octanol–water partition coefficient (Wildman–Crippen LogP) is 3.38. The molecule has 9 heteroatoms. The molecule has 0 aliphatic carbocycles. The molecule has 2 atom stereocenters. The summed E-state index contributed by atoms with van der Waals surface area (Å²) in [6.45, 7) is 13.0. The van der Waals surface area contributed by atoms with Crippen molar-refractivity contribution in [3.63, 3.8) is 0 Å².